The van der Waals surface area contributed by atoms with Crippen molar-refractivity contribution in [2.45, 2.75) is 6.42 Å². The molecular formula is C5H9ClO2S. The van der Waals surface area contributed by atoms with Gasteiger partial charge in [-0.3, -0.25) is 0 Å². The second-order valence-corrected chi connectivity index (χ2v) is 4.96. The van der Waals surface area contributed by atoms with Crippen LogP contribution in [0, 0.1) is 5.92 Å². The molecule has 1 atom stereocenters. The molecule has 0 unspecified atom stereocenters. The van der Waals surface area contributed by atoms with Gasteiger partial charge in [0, 0.05) is 5.88 Å². The molecule has 1 saturated heterocycles. The summed E-state index contributed by atoms with van der Waals surface area (Å²) in [5.74, 6) is 1.34. The minimum Gasteiger partial charge on any atom is -0.229 e. The van der Waals surface area contributed by atoms with Gasteiger partial charge in [-0.05, 0) is 12.3 Å². The fraction of sp³-hybridized carbons (Fsp3) is 1.00. The lowest BCUT2D eigenvalue weighted by molar-refractivity contribution is 0.599. The van der Waals surface area contributed by atoms with Crippen LogP contribution in [0.5, 0.6) is 0 Å². The lowest BCUT2D eigenvalue weighted by atomic mass is 10.2. The summed E-state index contributed by atoms with van der Waals surface area (Å²) in [7, 11) is -2.69. The monoisotopic (exact) mass is 168 g/mol. The Morgan fingerprint density at radius 1 is 1.56 bits per heavy atom. The summed E-state index contributed by atoms with van der Waals surface area (Å²) < 4.78 is 21.5. The van der Waals surface area contributed by atoms with Gasteiger partial charge in [-0.15, -0.1) is 11.6 Å². The first-order valence-electron chi connectivity index (χ1n) is 2.90. The molecule has 1 aliphatic rings. The Morgan fingerprint density at radius 2 is 2.22 bits per heavy atom. The first-order chi connectivity index (χ1) is 4.14. The number of sulfone groups is 1. The van der Waals surface area contributed by atoms with Gasteiger partial charge in [0.2, 0.25) is 0 Å². The van der Waals surface area contributed by atoms with Crippen molar-refractivity contribution in [1.82, 2.24) is 0 Å². The second-order valence-electron chi connectivity index (χ2n) is 2.42. The third-order valence-electron chi connectivity index (χ3n) is 1.54. The Hall–Kier alpha value is 0.240. The van der Waals surface area contributed by atoms with E-state index in [9.17, 15) is 8.42 Å². The molecule has 4 heteroatoms. The zero-order chi connectivity index (χ0) is 6.91. The highest BCUT2D eigenvalue weighted by Crippen LogP contribution is 2.18. The van der Waals surface area contributed by atoms with Gasteiger partial charge in [-0.1, -0.05) is 0 Å². The van der Waals surface area contributed by atoms with Gasteiger partial charge < -0.3 is 0 Å². The molecule has 1 heterocycles. The summed E-state index contributed by atoms with van der Waals surface area (Å²) in [5.41, 5.74) is 0. The molecule has 0 radical (unpaired) electrons. The average molecular weight is 169 g/mol. The fourth-order valence-electron chi connectivity index (χ4n) is 0.994. The predicted octanol–water partition coefficient (Wildman–Crippen LogP) is 0.660. The molecule has 1 aliphatic heterocycles. The summed E-state index contributed by atoms with van der Waals surface area (Å²) in [4.78, 5) is 0. The SMILES string of the molecule is O=S1(=O)CC[C@@H](CCl)C1. The first-order valence-corrected chi connectivity index (χ1v) is 5.26. The van der Waals surface area contributed by atoms with E-state index in [4.69, 9.17) is 11.6 Å². The lowest BCUT2D eigenvalue weighted by Gasteiger charge is -1.96. The number of alkyl halides is 1. The summed E-state index contributed by atoms with van der Waals surface area (Å²) in [6.45, 7) is 0. The molecule has 0 aromatic rings. The molecule has 0 amide bonds. The second kappa shape index (κ2) is 2.46. The highest BCUT2D eigenvalue weighted by atomic mass is 35.5. The van der Waals surface area contributed by atoms with Crippen LogP contribution in [0.4, 0.5) is 0 Å². The van der Waals surface area contributed by atoms with Crippen molar-refractivity contribution in [3.05, 3.63) is 0 Å². The minimum atomic E-state index is -2.69. The maximum Gasteiger partial charge on any atom is 0.150 e. The maximum atomic E-state index is 10.7. The average Bonchev–Trinajstić information content (AvgIpc) is 2.10. The van der Waals surface area contributed by atoms with Crippen LogP contribution >= 0.6 is 11.6 Å². The van der Waals surface area contributed by atoms with Gasteiger partial charge in [0.05, 0.1) is 11.5 Å². The van der Waals surface area contributed by atoms with Crippen molar-refractivity contribution < 1.29 is 8.42 Å². The Bertz CT molecular complexity index is 185. The zero-order valence-corrected chi connectivity index (χ0v) is 6.58. The quantitative estimate of drug-likeness (QED) is 0.539. The van der Waals surface area contributed by atoms with Crippen LogP contribution in [0.25, 0.3) is 0 Å². The van der Waals surface area contributed by atoms with Crippen molar-refractivity contribution in [3.8, 4) is 0 Å². The number of halogens is 1. The van der Waals surface area contributed by atoms with E-state index in [1.165, 1.54) is 0 Å². The molecule has 0 spiro atoms. The van der Waals surface area contributed by atoms with Gasteiger partial charge in [0.1, 0.15) is 0 Å². The molecule has 0 aromatic heterocycles. The van der Waals surface area contributed by atoms with Crippen molar-refractivity contribution in [2.75, 3.05) is 17.4 Å². The summed E-state index contributed by atoms with van der Waals surface area (Å²) >= 11 is 5.47. The van der Waals surface area contributed by atoms with E-state index in [1.54, 1.807) is 0 Å². The van der Waals surface area contributed by atoms with Crippen LogP contribution in [0.1, 0.15) is 6.42 Å². The Kier molecular flexibility index (Phi) is 2.01. The van der Waals surface area contributed by atoms with Crippen LogP contribution < -0.4 is 0 Å². The normalized spacial score (nSPS) is 32.8. The van der Waals surface area contributed by atoms with Gasteiger partial charge in [0.25, 0.3) is 0 Å². The molecule has 1 fully saturated rings. The Balaban J connectivity index is 2.58. The molecule has 0 N–H and O–H groups in total. The highest BCUT2D eigenvalue weighted by molar-refractivity contribution is 7.91. The maximum absolute atomic E-state index is 10.7. The van der Waals surface area contributed by atoms with E-state index in [2.05, 4.69) is 0 Å². The van der Waals surface area contributed by atoms with Crippen LogP contribution in [0.3, 0.4) is 0 Å². The third-order valence-corrected chi connectivity index (χ3v) is 3.82. The zero-order valence-electron chi connectivity index (χ0n) is 5.01. The van der Waals surface area contributed by atoms with E-state index in [0.717, 1.165) is 6.42 Å². The molecule has 0 aromatic carbocycles. The number of hydrogen-bond acceptors (Lipinski definition) is 2. The van der Waals surface area contributed by atoms with Gasteiger partial charge in [-0.25, -0.2) is 8.42 Å². The highest BCUT2D eigenvalue weighted by Gasteiger charge is 2.26. The van der Waals surface area contributed by atoms with E-state index >= 15 is 0 Å². The molecule has 0 bridgehead atoms. The lowest BCUT2D eigenvalue weighted by Crippen LogP contribution is -2.05. The van der Waals surface area contributed by atoms with Gasteiger partial charge in [0.15, 0.2) is 9.84 Å². The predicted molar refractivity (Wildman–Crippen MR) is 37.5 cm³/mol. The largest absolute Gasteiger partial charge is 0.229 e. The molecule has 0 aliphatic carbocycles. The molecule has 9 heavy (non-hydrogen) atoms. The van der Waals surface area contributed by atoms with Crippen molar-refractivity contribution in [1.29, 1.82) is 0 Å². The molecular weight excluding hydrogens is 160 g/mol. The standard InChI is InChI=1S/C5H9ClO2S/c6-3-5-1-2-9(7,8)4-5/h5H,1-4H2/t5-/m0/s1. The molecule has 54 valence electrons. The van der Waals surface area contributed by atoms with Crippen LogP contribution in [0.15, 0.2) is 0 Å². The summed E-state index contributed by atoms with van der Waals surface area (Å²) in [6, 6.07) is 0. The van der Waals surface area contributed by atoms with Crippen LogP contribution in [-0.2, 0) is 9.84 Å². The van der Waals surface area contributed by atoms with Crippen molar-refractivity contribution in [3.63, 3.8) is 0 Å². The molecule has 0 saturated carbocycles. The fourth-order valence-corrected chi connectivity index (χ4v) is 3.25. The van der Waals surface area contributed by atoms with Gasteiger partial charge in [-0.2, -0.15) is 0 Å². The molecule has 1 rings (SSSR count). The third kappa shape index (κ3) is 1.83. The Morgan fingerprint density at radius 3 is 2.44 bits per heavy atom. The van der Waals surface area contributed by atoms with Gasteiger partial charge >= 0.3 is 0 Å². The number of hydrogen-bond donors (Lipinski definition) is 0. The van der Waals surface area contributed by atoms with Crippen molar-refractivity contribution in [2.24, 2.45) is 5.92 Å². The van der Waals surface area contributed by atoms with Crippen molar-refractivity contribution >= 4 is 21.4 Å². The summed E-state index contributed by atoms with van der Waals surface area (Å²) in [5, 5.41) is 0. The van der Waals surface area contributed by atoms with E-state index in [0.29, 0.717) is 17.4 Å². The van der Waals surface area contributed by atoms with Crippen LogP contribution in [-0.4, -0.2) is 25.8 Å². The Labute approximate surface area is 60.1 Å². The van der Waals surface area contributed by atoms with Crippen LogP contribution in [0.2, 0.25) is 0 Å². The van der Waals surface area contributed by atoms with E-state index in [1.807, 2.05) is 0 Å². The number of rotatable bonds is 1. The molecule has 2 nitrogen and oxygen atoms in total. The van der Waals surface area contributed by atoms with E-state index < -0.39 is 9.84 Å². The van der Waals surface area contributed by atoms with E-state index in [-0.39, 0.29) is 5.92 Å². The first kappa shape index (κ1) is 7.35. The summed E-state index contributed by atoms with van der Waals surface area (Å²) in [6.07, 6.45) is 0.756. The minimum absolute atomic E-state index is 0.219. The smallest absolute Gasteiger partial charge is 0.150 e. The topological polar surface area (TPSA) is 34.1 Å².